The Labute approximate surface area is 158 Å². The molecule has 0 spiro atoms. The van der Waals surface area contributed by atoms with E-state index < -0.39 is 0 Å². The van der Waals surface area contributed by atoms with Crippen molar-refractivity contribution in [3.8, 4) is 6.07 Å². The van der Waals surface area contributed by atoms with Crippen LogP contribution >= 0.6 is 11.6 Å². The molecular formula is C18H22ClN7. The first-order valence-corrected chi connectivity index (χ1v) is 9.13. The fourth-order valence-corrected chi connectivity index (χ4v) is 3.23. The largest absolute Gasteiger partial charge is 0.369 e. The molecule has 1 aliphatic carbocycles. The number of rotatable bonds is 6. The van der Waals surface area contributed by atoms with E-state index >= 15 is 0 Å². The van der Waals surface area contributed by atoms with Gasteiger partial charge in [-0.25, -0.2) is 9.97 Å². The second kappa shape index (κ2) is 8.79. The Morgan fingerprint density at radius 2 is 2.04 bits per heavy atom. The Kier molecular flexibility index (Phi) is 6.21. The minimum Gasteiger partial charge on any atom is -0.369 e. The third-order valence-corrected chi connectivity index (χ3v) is 4.97. The fraction of sp³-hybridized carbons (Fsp3) is 0.444. The van der Waals surface area contributed by atoms with E-state index in [1.54, 1.807) is 6.20 Å². The van der Waals surface area contributed by atoms with Gasteiger partial charge in [0.15, 0.2) is 0 Å². The molecule has 0 saturated heterocycles. The minimum atomic E-state index is 0.329. The maximum Gasteiger partial charge on any atom is 0.224 e. The molecule has 2 aromatic heterocycles. The lowest BCUT2D eigenvalue weighted by Gasteiger charge is -2.26. The summed E-state index contributed by atoms with van der Waals surface area (Å²) >= 11 is 6.06. The van der Waals surface area contributed by atoms with Crippen LogP contribution in [0.15, 0.2) is 24.5 Å². The quantitative estimate of drug-likeness (QED) is 0.669. The zero-order valence-electron chi connectivity index (χ0n) is 14.5. The van der Waals surface area contributed by atoms with E-state index in [1.165, 1.54) is 6.20 Å². The highest BCUT2D eigenvalue weighted by molar-refractivity contribution is 6.30. The average Bonchev–Trinajstić information content (AvgIpc) is 2.67. The van der Waals surface area contributed by atoms with Crippen LogP contribution in [0, 0.1) is 17.2 Å². The molecule has 0 atom stereocenters. The number of aromatic nitrogens is 3. The van der Waals surface area contributed by atoms with E-state index in [9.17, 15) is 5.26 Å². The summed E-state index contributed by atoms with van der Waals surface area (Å²) in [4.78, 5) is 12.7. The average molecular weight is 372 g/mol. The minimum absolute atomic E-state index is 0.329. The number of hydrogen-bond donors (Lipinski definition) is 3. The van der Waals surface area contributed by atoms with E-state index in [0.29, 0.717) is 41.0 Å². The standard InChI is InChI=1S/C18H22ClN7/c19-16-13(2-1-7-22-16)10-24-18-25-11-14(8-20)17(26-18)23-9-12-3-5-15(21)6-4-12/h1-2,7,11-12,15H,3-6,9-10,21H2,(H2,23,24,25,26)/t12-,15-. The Morgan fingerprint density at radius 1 is 1.23 bits per heavy atom. The third kappa shape index (κ3) is 4.81. The van der Waals surface area contributed by atoms with E-state index in [0.717, 1.165) is 37.8 Å². The van der Waals surface area contributed by atoms with Crippen LogP contribution in [0.5, 0.6) is 0 Å². The number of nitrogens with zero attached hydrogens (tertiary/aromatic N) is 4. The predicted molar refractivity (Wildman–Crippen MR) is 102 cm³/mol. The highest BCUT2D eigenvalue weighted by atomic mass is 35.5. The second-order valence-electron chi connectivity index (χ2n) is 6.54. The molecule has 0 aliphatic heterocycles. The number of nitrogens with two attached hydrogens (primary N) is 1. The molecule has 136 valence electrons. The van der Waals surface area contributed by atoms with Crippen molar-refractivity contribution in [3.63, 3.8) is 0 Å². The molecule has 26 heavy (non-hydrogen) atoms. The van der Waals surface area contributed by atoms with Gasteiger partial charge in [-0.2, -0.15) is 10.2 Å². The lowest BCUT2D eigenvalue weighted by molar-refractivity contribution is 0.338. The van der Waals surface area contributed by atoms with Crippen molar-refractivity contribution < 1.29 is 0 Å². The number of hydrogen-bond acceptors (Lipinski definition) is 7. The summed E-state index contributed by atoms with van der Waals surface area (Å²) in [6.07, 6.45) is 7.49. The molecule has 0 bridgehead atoms. The van der Waals surface area contributed by atoms with Crippen molar-refractivity contribution in [3.05, 3.63) is 40.8 Å². The zero-order valence-corrected chi connectivity index (χ0v) is 15.2. The highest BCUT2D eigenvalue weighted by Gasteiger charge is 2.19. The summed E-state index contributed by atoms with van der Waals surface area (Å²) in [5.74, 6) is 1.55. The molecule has 7 nitrogen and oxygen atoms in total. The van der Waals surface area contributed by atoms with Crippen molar-refractivity contribution in [2.45, 2.75) is 38.3 Å². The number of pyridine rings is 1. The molecule has 8 heteroatoms. The van der Waals surface area contributed by atoms with E-state index in [1.807, 2.05) is 12.1 Å². The van der Waals surface area contributed by atoms with E-state index in [-0.39, 0.29) is 0 Å². The van der Waals surface area contributed by atoms with Crippen LogP contribution in [0.1, 0.15) is 36.8 Å². The maximum atomic E-state index is 9.29. The van der Waals surface area contributed by atoms with Gasteiger partial charge in [-0.15, -0.1) is 0 Å². The fourth-order valence-electron chi connectivity index (χ4n) is 3.04. The summed E-state index contributed by atoms with van der Waals surface area (Å²) in [6.45, 7) is 1.24. The van der Waals surface area contributed by atoms with Gasteiger partial charge in [0, 0.05) is 30.9 Å². The molecule has 0 amide bonds. The van der Waals surface area contributed by atoms with Gasteiger partial charge in [0.1, 0.15) is 22.6 Å². The summed E-state index contributed by atoms with van der Waals surface area (Å²) in [5.41, 5.74) is 7.24. The Morgan fingerprint density at radius 3 is 2.77 bits per heavy atom. The van der Waals surface area contributed by atoms with Gasteiger partial charge in [-0.3, -0.25) is 0 Å². The lowest BCUT2D eigenvalue weighted by Crippen LogP contribution is -2.29. The molecule has 1 aliphatic rings. The number of nitriles is 1. The van der Waals surface area contributed by atoms with Gasteiger partial charge < -0.3 is 16.4 Å². The Balaban J connectivity index is 1.62. The first-order valence-electron chi connectivity index (χ1n) is 8.75. The molecule has 3 rings (SSSR count). The molecule has 2 heterocycles. The highest BCUT2D eigenvalue weighted by Crippen LogP contribution is 2.24. The van der Waals surface area contributed by atoms with Crippen LogP contribution in [0.2, 0.25) is 5.15 Å². The molecule has 0 radical (unpaired) electrons. The van der Waals surface area contributed by atoms with Gasteiger partial charge in [-0.05, 0) is 37.7 Å². The van der Waals surface area contributed by atoms with Crippen molar-refractivity contribution in [2.75, 3.05) is 17.2 Å². The monoisotopic (exact) mass is 371 g/mol. The van der Waals surface area contributed by atoms with Crippen LogP contribution in [-0.2, 0) is 6.54 Å². The lowest BCUT2D eigenvalue weighted by atomic mass is 9.86. The van der Waals surface area contributed by atoms with Crippen LogP contribution in [0.25, 0.3) is 0 Å². The number of halogens is 1. The first-order chi connectivity index (χ1) is 12.7. The predicted octanol–water partition coefficient (Wildman–Crippen LogP) is 2.94. The molecular weight excluding hydrogens is 350 g/mol. The SMILES string of the molecule is N#Cc1cnc(NCc2cccnc2Cl)nc1NC[C@H]1CC[C@H](N)CC1. The molecule has 1 saturated carbocycles. The summed E-state index contributed by atoms with van der Waals surface area (Å²) < 4.78 is 0. The van der Waals surface area contributed by atoms with Gasteiger partial charge in [0.2, 0.25) is 5.95 Å². The normalized spacial score (nSPS) is 19.6. The van der Waals surface area contributed by atoms with Crippen LogP contribution in [-0.4, -0.2) is 27.5 Å². The summed E-state index contributed by atoms with van der Waals surface area (Å²) in [7, 11) is 0. The van der Waals surface area contributed by atoms with Crippen molar-refractivity contribution in [2.24, 2.45) is 11.7 Å². The van der Waals surface area contributed by atoms with Crippen LogP contribution in [0.4, 0.5) is 11.8 Å². The smallest absolute Gasteiger partial charge is 0.224 e. The number of anilines is 2. The zero-order chi connectivity index (χ0) is 18.4. The van der Waals surface area contributed by atoms with E-state index in [4.69, 9.17) is 17.3 Å². The molecule has 0 aromatic carbocycles. The van der Waals surface area contributed by atoms with E-state index in [2.05, 4.69) is 31.7 Å². The van der Waals surface area contributed by atoms with Crippen molar-refractivity contribution in [1.29, 1.82) is 5.26 Å². The Hall–Kier alpha value is -2.43. The maximum absolute atomic E-state index is 9.29. The van der Waals surface area contributed by atoms with Crippen LogP contribution < -0.4 is 16.4 Å². The summed E-state index contributed by atoms with van der Waals surface area (Å²) in [6, 6.07) is 6.18. The molecule has 4 N–H and O–H groups in total. The van der Waals surface area contributed by atoms with Gasteiger partial charge >= 0.3 is 0 Å². The van der Waals surface area contributed by atoms with Crippen molar-refractivity contribution in [1.82, 2.24) is 15.0 Å². The molecule has 0 unspecified atom stereocenters. The third-order valence-electron chi connectivity index (χ3n) is 4.63. The van der Waals surface area contributed by atoms with Crippen LogP contribution in [0.3, 0.4) is 0 Å². The molecule has 1 fully saturated rings. The number of nitrogens with one attached hydrogen (secondary N) is 2. The summed E-state index contributed by atoms with van der Waals surface area (Å²) in [5, 5.41) is 16.2. The first kappa shape index (κ1) is 18.4. The van der Waals surface area contributed by atoms with Crippen molar-refractivity contribution >= 4 is 23.4 Å². The van der Waals surface area contributed by atoms with Gasteiger partial charge in [0.25, 0.3) is 0 Å². The van der Waals surface area contributed by atoms with Gasteiger partial charge in [0.05, 0.1) is 6.20 Å². The topological polar surface area (TPSA) is 113 Å². The van der Waals surface area contributed by atoms with Gasteiger partial charge in [-0.1, -0.05) is 17.7 Å². The molecule has 2 aromatic rings. The Bertz CT molecular complexity index is 781. The second-order valence-corrected chi connectivity index (χ2v) is 6.89.